The number of amidine groups is 1. The Kier molecular flexibility index (Phi) is 2.75. The van der Waals surface area contributed by atoms with Gasteiger partial charge in [0.25, 0.3) is 6.02 Å². The maximum absolute atomic E-state index is 9.43. The molecule has 1 aromatic carbocycles. The first kappa shape index (κ1) is 14.7. The Morgan fingerprint density at radius 1 is 1.20 bits per heavy atom. The number of aromatic nitrogens is 2. The molecule has 2 aromatic rings. The molecule has 3 N–H and O–H groups in total. The lowest BCUT2D eigenvalue weighted by Gasteiger charge is -2.34. The summed E-state index contributed by atoms with van der Waals surface area (Å²) in [5.41, 5.74) is 7.86. The topological polar surface area (TPSA) is 103 Å². The molecule has 3 aliphatic rings. The van der Waals surface area contributed by atoms with Crippen molar-refractivity contribution in [1.29, 1.82) is 0 Å². The van der Waals surface area contributed by atoms with Crippen LogP contribution in [0.25, 0.3) is 11.1 Å². The highest BCUT2D eigenvalue weighted by atomic mass is 16.5. The number of hydrogen-bond acceptors (Lipinski definition) is 7. The summed E-state index contributed by atoms with van der Waals surface area (Å²) in [7, 11) is 0. The van der Waals surface area contributed by atoms with Crippen LogP contribution in [0.4, 0.5) is 0 Å². The first-order valence-electron chi connectivity index (χ1n) is 8.30. The number of ether oxygens (including phenoxy) is 2. The normalized spacial score (nSPS) is 34.1. The molecule has 0 bridgehead atoms. The second kappa shape index (κ2) is 4.70. The molecule has 4 atom stereocenters. The first-order chi connectivity index (χ1) is 12.1. The Labute approximate surface area is 144 Å². The lowest BCUT2D eigenvalue weighted by molar-refractivity contribution is 0.0508. The van der Waals surface area contributed by atoms with Gasteiger partial charge in [0.15, 0.2) is 0 Å². The Hall–Kier alpha value is -2.67. The van der Waals surface area contributed by atoms with E-state index in [0.717, 1.165) is 22.4 Å². The highest BCUT2D eigenvalue weighted by Gasteiger charge is 2.85. The van der Waals surface area contributed by atoms with Gasteiger partial charge in [0.05, 0.1) is 5.41 Å². The van der Waals surface area contributed by atoms with Gasteiger partial charge in [-0.3, -0.25) is 0 Å². The van der Waals surface area contributed by atoms with E-state index in [1.807, 2.05) is 12.1 Å². The summed E-state index contributed by atoms with van der Waals surface area (Å²) in [4.78, 5) is 12.9. The Morgan fingerprint density at radius 2 is 2.00 bits per heavy atom. The minimum atomic E-state index is -0.545. The fraction of sp³-hybridized carbons (Fsp3) is 0.389. The van der Waals surface area contributed by atoms with E-state index in [1.165, 1.54) is 6.33 Å². The third-order valence-corrected chi connectivity index (χ3v) is 5.80. The second-order valence-electron chi connectivity index (χ2n) is 6.95. The smallest absolute Gasteiger partial charge is 0.283 e. The van der Waals surface area contributed by atoms with Crippen LogP contribution in [-0.4, -0.2) is 39.9 Å². The Balaban J connectivity index is 1.68. The molecule has 7 nitrogen and oxygen atoms in total. The molecule has 0 amide bonds. The van der Waals surface area contributed by atoms with E-state index in [2.05, 4.69) is 28.0 Å². The maximum Gasteiger partial charge on any atom is 0.283 e. The van der Waals surface area contributed by atoms with Gasteiger partial charge >= 0.3 is 0 Å². The standard InChI is InChI=1S/C18H18N4O3/c1-17-14(4-5-23)24-13-3-2-10(11-7-20-9-21-8-11)6-12(13)18(17)15(17)25-16(19)22-18/h2-3,6-9,14-15,23H,4-5H2,1H3,(H2,19,22). The number of aliphatic hydroxyl groups excluding tert-OH is 1. The van der Waals surface area contributed by atoms with Gasteiger partial charge in [-0.1, -0.05) is 6.07 Å². The summed E-state index contributed by atoms with van der Waals surface area (Å²) < 4.78 is 12.0. The molecule has 7 heteroatoms. The fourth-order valence-corrected chi connectivity index (χ4v) is 4.50. The molecule has 2 aliphatic heterocycles. The fourth-order valence-electron chi connectivity index (χ4n) is 4.50. The lowest BCUT2D eigenvalue weighted by Crippen LogP contribution is -2.39. The number of nitrogens with two attached hydrogens (primary N) is 1. The zero-order chi connectivity index (χ0) is 17.2. The van der Waals surface area contributed by atoms with Crippen molar-refractivity contribution in [3.05, 3.63) is 42.5 Å². The minimum Gasteiger partial charge on any atom is -0.489 e. The summed E-state index contributed by atoms with van der Waals surface area (Å²) in [5.74, 6) is 0.765. The van der Waals surface area contributed by atoms with Gasteiger partial charge in [-0.25, -0.2) is 15.0 Å². The molecule has 0 radical (unpaired) electrons. The van der Waals surface area contributed by atoms with Crippen LogP contribution in [0.3, 0.4) is 0 Å². The quantitative estimate of drug-likeness (QED) is 0.872. The molecular formula is C18H18N4O3. The lowest BCUT2D eigenvalue weighted by atomic mass is 9.85. The number of aliphatic imine (C=N–C) groups is 1. The van der Waals surface area contributed by atoms with Crippen LogP contribution in [0.1, 0.15) is 18.9 Å². The highest BCUT2D eigenvalue weighted by Crippen LogP contribution is 2.75. The van der Waals surface area contributed by atoms with Crippen molar-refractivity contribution < 1.29 is 14.6 Å². The third-order valence-electron chi connectivity index (χ3n) is 5.80. The van der Waals surface area contributed by atoms with Gasteiger partial charge in [0.1, 0.15) is 29.8 Å². The molecule has 5 rings (SSSR count). The predicted octanol–water partition coefficient (Wildman–Crippen LogP) is 1.22. The van der Waals surface area contributed by atoms with E-state index in [1.54, 1.807) is 12.4 Å². The van der Waals surface area contributed by atoms with Gasteiger partial charge in [-0.2, -0.15) is 0 Å². The maximum atomic E-state index is 9.43. The van der Waals surface area contributed by atoms with Crippen molar-refractivity contribution >= 4 is 6.02 Å². The van der Waals surface area contributed by atoms with Crippen LogP contribution in [0.5, 0.6) is 5.75 Å². The molecule has 1 saturated carbocycles. The van der Waals surface area contributed by atoms with Gasteiger partial charge in [-0.15, -0.1) is 0 Å². The summed E-state index contributed by atoms with van der Waals surface area (Å²) in [6.07, 6.45) is 5.25. The molecule has 25 heavy (non-hydrogen) atoms. The molecular weight excluding hydrogens is 320 g/mol. The summed E-state index contributed by atoms with van der Waals surface area (Å²) in [5, 5.41) is 9.43. The second-order valence-corrected chi connectivity index (χ2v) is 6.95. The minimum absolute atomic E-state index is 0.0526. The number of rotatable bonds is 3. The number of benzene rings is 1. The molecule has 1 aromatic heterocycles. The third kappa shape index (κ3) is 1.66. The SMILES string of the molecule is CC12C(CCO)Oc3ccc(-c4cncnc4)cc3C13N=C(N)OC32. The summed E-state index contributed by atoms with van der Waals surface area (Å²) >= 11 is 0. The molecule has 4 unspecified atom stereocenters. The van der Waals surface area contributed by atoms with E-state index in [9.17, 15) is 5.11 Å². The first-order valence-corrected chi connectivity index (χ1v) is 8.30. The number of fused-ring (bicyclic) bond motifs is 2. The largest absolute Gasteiger partial charge is 0.489 e. The van der Waals surface area contributed by atoms with Crippen LogP contribution in [0.15, 0.2) is 41.9 Å². The van der Waals surface area contributed by atoms with Crippen LogP contribution in [0, 0.1) is 5.41 Å². The highest BCUT2D eigenvalue weighted by molar-refractivity contribution is 5.79. The monoisotopic (exact) mass is 338 g/mol. The van der Waals surface area contributed by atoms with Gasteiger partial charge in [0.2, 0.25) is 0 Å². The average Bonchev–Trinajstić information content (AvgIpc) is 2.96. The van der Waals surface area contributed by atoms with Gasteiger partial charge < -0.3 is 20.3 Å². The van der Waals surface area contributed by atoms with E-state index in [0.29, 0.717) is 6.42 Å². The summed E-state index contributed by atoms with van der Waals surface area (Å²) in [6, 6.07) is 6.20. The van der Waals surface area contributed by atoms with Gasteiger partial charge in [0, 0.05) is 36.5 Å². The van der Waals surface area contributed by atoms with E-state index < -0.39 is 5.54 Å². The molecule has 1 fully saturated rings. The van der Waals surface area contributed by atoms with Crippen LogP contribution < -0.4 is 10.5 Å². The van der Waals surface area contributed by atoms with Gasteiger partial charge in [-0.05, 0) is 24.6 Å². The van der Waals surface area contributed by atoms with Crippen molar-refractivity contribution in [2.45, 2.75) is 31.1 Å². The van der Waals surface area contributed by atoms with E-state index in [-0.39, 0.29) is 30.3 Å². The molecule has 1 aliphatic carbocycles. The molecule has 0 saturated heterocycles. The van der Waals surface area contributed by atoms with Crippen LogP contribution >= 0.6 is 0 Å². The Morgan fingerprint density at radius 3 is 2.76 bits per heavy atom. The molecule has 1 spiro atoms. The van der Waals surface area contributed by atoms with Crippen molar-refractivity contribution in [2.24, 2.45) is 16.1 Å². The number of aliphatic hydroxyl groups is 1. The Bertz CT molecular complexity index is 887. The van der Waals surface area contributed by atoms with E-state index in [4.69, 9.17) is 15.2 Å². The predicted molar refractivity (Wildman–Crippen MR) is 89.9 cm³/mol. The number of nitrogens with zero attached hydrogens (tertiary/aromatic N) is 3. The number of hydrogen-bond donors (Lipinski definition) is 2. The summed E-state index contributed by atoms with van der Waals surface area (Å²) in [6.45, 7) is 2.15. The zero-order valence-electron chi connectivity index (χ0n) is 13.7. The van der Waals surface area contributed by atoms with Crippen molar-refractivity contribution in [3.63, 3.8) is 0 Å². The van der Waals surface area contributed by atoms with Crippen molar-refractivity contribution in [1.82, 2.24) is 9.97 Å². The average molecular weight is 338 g/mol. The zero-order valence-corrected chi connectivity index (χ0v) is 13.7. The van der Waals surface area contributed by atoms with E-state index >= 15 is 0 Å². The molecule has 128 valence electrons. The van der Waals surface area contributed by atoms with Crippen LogP contribution in [-0.2, 0) is 10.3 Å². The van der Waals surface area contributed by atoms with Crippen LogP contribution in [0.2, 0.25) is 0 Å². The van der Waals surface area contributed by atoms with Crippen molar-refractivity contribution in [3.8, 4) is 16.9 Å². The van der Waals surface area contributed by atoms with Crippen molar-refractivity contribution in [2.75, 3.05) is 6.61 Å². The molecule has 3 heterocycles.